The van der Waals surface area contributed by atoms with E-state index in [0.29, 0.717) is 25.7 Å². The van der Waals surface area contributed by atoms with Crippen LogP contribution in [0.25, 0.3) is 0 Å². The predicted octanol–water partition coefficient (Wildman–Crippen LogP) is 15.1. The largest absolute Gasteiger partial charge is 0.479 e. The van der Waals surface area contributed by atoms with E-state index < -0.39 is 67.3 Å². The average Bonchev–Trinajstić information content (AvgIpc) is 3.39. The van der Waals surface area contributed by atoms with Gasteiger partial charge in [0.1, 0.15) is 18.8 Å². The predicted molar refractivity (Wildman–Crippen MR) is 303 cm³/mol. The average molecular weight is 1050 g/mol. The highest BCUT2D eigenvalue weighted by atomic mass is 16.7. The summed E-state index contributed by atoms with van der Waals surface area (Å²) in [7, 11) is 0. The molecule has 0 aromatic heterocycles. The van der Waals surface area contributed by atoms with Gasteiger partial charge >= 0.3 is 23.9 Å². The second kappa shape index (κ2) is 50.7. The molecule has 0 spiro atoms. The number of aliphatic hydroxyl groups is 2. The molecule has 1 fully saturated rings. The molecule has 428 valence electrons. The van der Waals surface area contributed by atoms with Crippen LogP contribution in [0.15, 0.2) is 85.1 Å². The van der Waals surface area contributed by atoms with Crippen molar-refractivity contribution >= 4 is 23.9 Å². The topological polar surface area (TPSA) is 175 Å². The second-order valence-corrected chi connectivity index (χ2v) is 19.9. The first-order valence-corrected chi connectivity index (χ1v) is 29.6. The lowest BCUT2D eigenvalue weighted by atomic mass is 9.98. The molecule has 0 bridgehead atoms. The molecular formula is C63H104O12. The van der Waals surface area contributed by atoms with Crippen molar-refractivity contribution in [1.82, 2.24) is 0 Å². The summed E-state index contributed by atoms with van der Waals surface area (Å²) in [5.74, 6) is -3.18. The first-order valence-electron chi connectivity index (χ1n) is 29.6. The zero-order chi connectivity index (χ0) is 54.7. The molecule has 0 radical (unpaired) electrons. The Morgan fingerprint density at radius 1 is 0.453 bits per heavy atom. The van der Waals surface area contributed by atoms with Gasteiger partial charge in [-0.3, -0.25) is 14.4 Å². The smallest absolute Gasteiger partial charge is 0.335 e. The molecule has 0 amide bonds. The standard InChI is InChI=1S/C63H104O12/c1-4-7-10-13-16-19-22-25-27-28-30-32-34-37-40-43-46-49-55(64)71-52-54(73-56(65)50-47-44-41-38-35-31-24-21-18-15-12-9-6-3)53-72-63-61(59(68)58(67)60(75-63)62(69)70)74-57(66)51-48-45-42-39-36-33-29-26-23-20-17-14-11-8-5-2/h7-8,10-11,16-17,19-20,25-27,29,36,39,54,58-61,63,67-68H,4-6,9,12-15,18,21-24,28,30-35,37-38,40-53H2,1-3H3,(H,69,70)/b10-7-,11-8-,19-16-,20-17-,27-25-,29-26-,39-36-. The Hall–Kier alpha value is -4.10. The molecular weight excluding hydrogens is 949 g/mol. The Bertz CT molecular complexity index is 1630. The third kappa shape index (κ3) is 40.8. The maximum atomic E-state index is 13.1. The maximum Gasteiger partial charge on any atom is 0.335 e. The maximum absolute atomic E-state index is 13.1. The Morgan fingerprint density at radius 3 is 1.31 bits per heavy atom. The van der Waals surface area contributed by atoms with Gasteiger partial charge in [0, 0.05) is 19.3 Å². The molecule has 3 N–H and O–H groups in total. The molecule has 0 aliphatic carbocycles. The fraction of sp³-hybridized carbons (Fsp3) is 0.714. The van der Waals surface area contributed by atoms with Crippen LogP contribution in [0.4, 0.5) is 0 Å². The molecule has 0 aromatic carbocycles. The summed E-state index contributed by atoms with van der Waals surface area (Å²) in [6, 6.07) is 0. The van der Waals surface area contributed by atoms with E-state index in [4.69, 9.17) is 23.7 Å². The minimum atomic E-state index is -1.92. The summed E-state index contributed by atoms with van der Waals surface area (Å²) in [5.41, 5.74) is 0. The van der Waals surface area contributed by atoms with Crippen LogP contribution in [0, 0.1) is 0 Å². The molecule has 0 aromatic rings. The lowest BCUT2D eigenvalue weighted by molar-refractivity contribution is -0.301. The monoisotopic (exact) mass is 1050 g/mol. The number of carboxylic acid groups (broad SMARTS) is 1. The Morgan fingerprint density at radius 2 is 0.840 bits per heavy atom. The molecule has 1 saturated heterocycles. The van der Waals surface area contributed by atoms with E-state index in [1.807, 2.05) is 0 Å². The van der Waals surface area contributed by atoms with Gasteiger partial charge in [0.2, 0.25) is 0 Å². The number of carbonyl (C=O) groups is 4. The Balaban J connectivity index is 2.71. The number of unbranched alkanes of at least 4 members (excludes halogenated alkanes) is 21. The molecule has 1 aliphatic rings. The second-order valence-electron chi connectivity index (χ2n) is 19.9. The van der Waals surface area contributed by atoms with Gasteiger partial charge < -0.3 is 39.0 Å². The lowest BCUT2D eigenvalue weighted by Gasteiger charge is -2.40. The minimum absolute atomic E-state index is 0.00550. The van der Waals surface area contributed by atoms with Gasteiger partial charge in [-0.05, 0) is 89.9 Å². The Labute approximate surface area is 454 Å². The molecule has 1 rings (SSSR count). The third-order valence-corrected chi connectivity index (χ3v) is 13.0. The molecule has 1 heterocycles. The fourth-order valence-corrected chi connectivity index (χ4v) is 8.49. The number of aliphatic carboxylic acids is 1. The number of hydrogen-bond donors (Lipinski definition) is 3. The van der Waals surface area contributed by atoms with Crippen molar-refractivity contribution in [1.29, 1.82) is 0 Å². The van der Waals surface area contributed by atoms with Crippen molar-refractivity contribution in [2.45, 2.75) is 276 Å². The van der Waals surface area contributed by atoms with Crippen LogP contribution in [-0.2, 0) is 42.9 Å². The lowest BCUT2D eigenvalue weighted by Crippen LogP contribution is -2.61. The highest BCUT2D eigenvalue weighted by molar-refractivity contribution is 5.74. The quantitative estimate of drug-likeness (QED) is 0.0228. The van der Waals surface area contributed by atoms with Gasteiger partial charge in [0.05, 0.1) is 6.61 Å². The van der Waals surface area contributed by atoms with E-state index in [1.165, 1.54) is 64.2 Å². The van der Waals surface area contributed by atoms with E-state index >= 15 is 0 Å². The van der Waals surface area contributed by atoms with Gasteiger partial charge in [0.25, 0.3) is 0 Å². The normalized spacial score (nSPS) is 18.8. The van der Waals surface area contributed by atoms with Crippen molar-refractivity contribution in [3.63, 3.8) is 0 Å². The summed E-state index contributed by atoms with van der Waals surface area (Å²) < 4.78 is 28.4. The molecule has 6 atom stereocenters. The Kier molecular flexibility index (Phi) is 46.6. The number of esters is 3. The number of carbonyl (C=O) groups excluding carboxylic acids is 3. The first-order chi connectivity index (χ1) is 36.6. The van der Waals surface area contributed by atoms with Crippen LogP contribution in [-0.4, -0.2) is 89.2 Å². The van der Waals surface area contributed by atoms with Crippen LogP contribution >= 0.6 is 0 Å². The van der Waals surface area contributed by atoms with Gasteiger partial charge in [0.15, 0.2) is 24.6 Å². The number of aliphatic hydroxyl groups excluding tert-OH is 2. The van der Waals surface area contributed by atoms with Gasteiger partial charge in [-0.1, -0.05) is 215 Å². The molecule has 0 saturated carbocycles. The van der Waals surface area contributed by atoms with Gasteiger partial charge in [-0.25, -0.2) is 4.79 Å². The third-order valence-electron chi connectivity index (χ3n) is 13.0. The zero-order valence-electron chi connectivity index (χ0n) is 47.0. The van der Waals surface area contributed by atoms with Crippen LogP contribution < -0.4 is 0 Å². The SMILES string of the molecule is CC/C=C\C/C=C\C/C=C\C/C=C\CCCCC(=O)OC1C(OCC(COC(=O)CCCCCCCCC/C=C\C/C=C\C/C=C\CC)OC(=O)CCCCCCCCCCCCCCC)OC(C(=O)O)C(O)C1O. The van der Waals surface area contributed by atoms with Crippen LogP contribution in [0.5, 0.6) is 0 Å². The van der Waals surface area contributed by atoms with E-state index in [2.05, 4.69) is 106 Å². The minimum Gasteiger partial charge on any atom is -0.479 e. The van der Waals surface area contributed by atoms with Crippen molar-refractivity contribution in [3.05, 3.63) is 85.1 Å². The zero-order valence-corrected chi connectivity index (χ0v) is 47.0. The summed E-state index contributed by atoms with van der Waals surface area (Å²) in [4.78, 5) is 51.1. The summed E-state index contributed by atoms with van der Waals surface area (Å²) in [6.07, 6.45) is 52.7. The van der Waals surface area contributed by atoms with E-state index in [0.717, 1.165) is 109 Å². The number of carboxylic acids is 1. The van der Waals surface area contributed by atoms with Crippen LogP contribution in [0.2, 0.25) is 0 Å². The summed E-state index contributed by atoms with van der Waals surface area (Å²) >= 11 is 0. The van der Waals surface area contributed by atoms with Gasteiger partial charge in [-0.2, -0.15) is 0 Å². The number of hydrogen-bond acceptors (Lipinski definition) is 11. The van der Waals surface area contributed by atoms with Crippen LogP contribution in [0.1, 0.15) is 239 Å². The van der Waals surface area contributed by atoms with E-state index in [-0.39, 0.29) is 25.9 Å². The van der Waals surface area contributed by atoms with Crippen molar-refractivity contribution < 1.29 is 58.2 Å². The first kappa shape index (κ1) is 68.9. The molecule has 6 unspecified atom stereocenters. The summed E-state index contributed by atoms with van der Waals surface area (Å²) in [6.45, 7) is 5.74. The highest BCUT2D eigenvalue weighted by Crippen LogP contribution is 2.26. The van der Waals surface area contributed by atoms with Crippen molar-refractivity contribution in [2.24, 2.45) is 0 Å². The summed E-state index contributed by atoms with van der Waals surface area (Å²) in [5, 5.41) is 31.5. The highest BCUT2D eigenvalue weighted by Gasteiger charge is 2.50. The van der Waals surface area contributed by atoms with Crippen LogP contribution in [0.3, 0.4) is 0 Å². The fourth-order valence-electron chi connectivity index (χ4n) is 8.49. The molecule has 75 heavy (non-hydrogen) atoms. The number of allylic oxidation sites excluding steroid dienone is 14. The van der Waals surface area contributed by atoms with Gasteiger partial charge in [-0.15, -0.1) is 0 Å². The molecule has 12 nitrogen and oxygen atoms in total. The number of ether oxygens (including phenoxy) is 5. The van der Waals surface area contributed by atoms with Crippen molar-refractivity contribution in [3.8, 4) is 0 Å². The number of rotatable bonds is 49. The molecule has 1 aliphatic heterocycles. The van der Waals surface area contributed by atoms with E-state index in [1.54, 1.807) is 0 Å². The van der Waals surface area contributed by atoms with Crippen molar-refractivity contribution in [2.75, 3.05) is 13.2 Å². The van der Waals surface area contributed by atoms with E-state index in [9.17, 15) is 34.5 Å². The molecule has 12 heteroatoms.